The first-order valence-corrected chi connectivity index (χ1v) is 10.7. The summed E-state index contributed by atoms with van der Waals surface area (Å²) in [7, 11) is -3.33. The van der Waals surface area contributed by atoms with Gasteiger partial charge in [-0.15, -0.1) is 0 Å². The van der Waals surface area contributed by atoms with Gasteiger partial charge in [0.25, 0.3) is 5.91 Å². The molecule has 146 valence electrons. The molecule has 1 amide bonds. The van der Waals surface area contributed by atoms with Crippen molar-refractivity contribution in [3.63, 3.8) is 0 Å². The van der Waals surface area contributed by atoms with Crippen molar-refractivity contribution in [2.24, 2.45) is 0 Å². The van der Waals surface area contributed by atoms with Gasteiger partial charge in [-0.3, -0.25) is 9.89 Å². The zero-order chi connectivity index (χ0) is 19.8. The molecule has 27 heavy (non-hydrogen) atoms. The first kappa shape index (κ1) is 19.8. The molecule has 2 aromatic rings. The third-order valence-corrected chi connectivity index (χ3v) is 5.97. The van der Waals surface area contributed by atoms with Crippen molar-refractivity contribution in [1.82, 2.24) is 10.2 Å². The van der Waals surface area contributed by atoms with E-state index in [0.29, 0.717) is 24.2 Å². The fourth-order valence-electron chi connectivity index (χ4n) is 3.53. The molecule has 0 bridgehead atoms. The SMILES string of the molecule is CS(=O)(=O)CC1(O)CCC(c2[nH]ncc2C(=O)Nc2ccc(F)c(Cl)c2)C1. The quantitative estimate of drug-likeness (QED) is 0.694. The Morgan fingerprint density at radius 2 is 2.26 bits per heavy atom. The van der Waals surface area contributed by atoms with E-state index >= 15 is 0 Å². The summed E-state index contributed by atoms with van der Waals surface area (Å²) in [6, 6.07) is 3.84. The monoisotopic (exact) mass is 415 g/mol. The van der Waals surface area contributed by atoms with Gasteiger partial charge < -0.3 is 10.4 Å². The van der Waals surface area contributed by atoms with E-state index in [1.165, 1.54) is 18.3 Å². The largest absolute Gasteiger partial charge is 0.389 e. The Kier molecular flexibility index (Phi) is 5.29. The van der Waals surface area contributed by atoms with E-state index in [4.69, 9.17) is 11.6 Å². The van der Waals surface area contributed by atoms with Crippen LogP contribution >= 0.6 is 11.6 Å². The van der Waals surface area contributed by atoms with Gasteiger partial charge in [0.1, 0.15) is 15.7 Å². The molecule has 3 N–H and O–H groups in total. The second kappa shape index (κ2) is 7.21. The van der Waals surface area contributed by atoms with E-state index in [9.17, 15) is 22.7 Å². The molecule has 10 heteroatoms. The number of anilines is 1. The maximum Gasteiger partial charge on any atom is 0.259 e. The van der Waals surface area contributed by atoms with Gasteiger partial charge in [0.2, 0.25) is 0 Å². The van der Waals surface area contributed by atoms with Gasteiger partial charge in [0.15, 0.2) is 0 Å². The fraction of sp³-hybridized carbons (Fsp3) is 0.412. The van der Waals surface area contributed by atoms with E-state index in [-0.39, 0.29) is 28.7 Å². The summed E-state index contributed by atoms with van der Waals surface area (Å²) >= 11 is 5.72. The molecule has 3 rings (SSSR count). The van der Waals surface area contributed by atoms with Crippen LogP contribution in [-0.4, -0.2) is 47.2 Å². The third-order valence-electron chi connectivity index (χ3n) is 4.61. The second-order valence-electron chi connectivity index (χ2n) is 7.01. The van der Waals surface area contributed by atoms with Crippen LogP contribution in [0.2, 0.25) is 5.02 Å². The maximum absolute atomic E-state index is 13.2. The molecule has 2 unspecified atom stereocenters. The third kappa shape index (κ3) is 4.66. The number of sulfone groups is 1. The normalized spacial score (nSPS) is 22.7. The van der Waals surface area contributed by atoms with Crippen molar-refractivity contribution in [2.45, 2.75) is 30.8 Å². The van der Waals surface area contributed by atoms with Crippen LogP contribution in [0.5, 0.6) is 0 Å². The highest BCUT2D eigenvalue weighted by Crippen LogP contribution is 2.42. The van der Waals surface area contributed by atoms with Gasteiger partial charge in [-0.1, -0.05) is 11.6 Å². The Hall–Kier alpha value is -1.97. The number of aliphatic hydroxyl groups is 1. The van der Waals surface area contributed by atoms with Crippen molar-refractivity contribution in [3.05, 3.63) is 46.5 Å². The first-order chi connectivity index (χ1) is 12.6. The predicted molar refractivity (Wildman–Crippen MR) is 99.2 cm³/mol. The van der Waals surface area contributed by atoms with Crippen LogP contribution in [0.25, 0.3) is 0 Å². The molecule has 1 saturated carbocycles. The summed E-state index contributed by atoms with van der Waals surface area (Å²) in [5.74, 6) is -1.59. The van der Waals surface area contributed by atoms with Crippen LogP contribution in [0.4, 0.5) is 10.1 Å². The van der Waals surface area contributed by atoms with Gasteiger partial charge in [0, 0.05) is 17.9 Å². The van der Waals surface area contributed by atoms with Gasteiger partial charge in [-0.05, 0) is 37.5 Å². The van der Waals surface area contributed by atoms with Gasteiger partial charge in [0.05, 0.1) is 33.8 Å². The van der Waals surface area contributed by atoms with Crippen LogP contribution in [-0.2, 0) is 9.84 Å². The molecule has 1 aliphatic rings. The topological polar surface area (TPSA) is 112 Å². The molecule has 1 aromatic heterocycles. The molecule has 1 aliphatic carbocycles. The second-order valence-corrected chi connectivity index (χ2v) is 9.56. The Balaban J connectivity index is 1.76. The van der Waals surface area contributed by atoms with Crippen molar-refractivity contribution < 1.29 is 22.7 Å². The summed E-state index contributed by atoms with van der Waals surface area (Å²) in [6.07, 6.45) is 3.51. The van der Waals surface area contributed by atoms with Crippen molar-refractivity contribution in [2.75, 3.05) is 17.3 Å². The average molecular weight is 416 g/mol. The minimum atomic E-state index is -3.33. The number of amides is 1. The number of nitrogens with one attached hydrogen (secondary N) is 2. The molecular formula is C17H19ClFN3O4S. The molecule has 1 aromatic carbocycles. The summed E-state index contributed by atoms with van der Waals surface area (Å²) < 4.78 is 36.3. The number of hydrogen-bond acceptors (Lipinski definition) is 5. The minimum absolute atomic E-state index is 0.109. The van der Waals surface area contributed by atoms with E-state index in [2.05, 4.69) is 15.5 Å². The number of rotatable bonds is 5. The number of halogens is 2. The lowest BCUT2D eigenvalue weighted by atomic mass is 9.97. The Morgan fingerprint density at radius 1 is 1.52 bits per heavy atom. The lowest BCUT2D eigenvalue weighted by Gasteiger charge is -2.21. The van der Waals surface area contributed by atoms with Crippen molar-refractivity contribution in [3.8, 4) is 0 Å². The highest BCUT2D eigenvalue weighted by Gasteiger charge is 2.42. The summed E-state index contributed by atoms with van der Waals surface area (Å²) in [5.41, 5.74) is -0.172. The van der Waals surface area contributed by atoms with Crippen LogP contribution in [0, 0.1) is 5.82 Å². The lowest BCUT2D eigenvalue weighted by molar-refractivity contribution is 0.0697. The first-order valence-electron chi connectivity index (χ1n) is 8.26. The maximum atomic E-state index is 13.2. The standard InChI is InChI=1S/C17H19ClFN3O4S/c1-27(25,26)9-17(24)5-4-10(7-17)15-12(8-20-22-15)16(23)21-11-2-3-14(19)13(18)6-11/h2-3,6,8,10,24H,4-5,7,9H2,1H3,(H,20,22)(H,21,23). The molecule has 0 saturated heterocycles. The molecule has 0 spiro atoms. The number of aromatic amines is 1. The Bertz CT molecular complexity index is 978. The molecular weight excluding hydrogens is 397 g/mol. The van der Waals surface area contributed by atoms with E-state index in [0.717, 1.165) is 12.3 Å². The summed E-state index contributed by atoms with van der Waals surface area (Å²) in [6.45, 7) is 0. The van der Waals surface area contributed by atoms with E-state index < -0.39 is 27.2 Å². The number of H-pyrrole nitrogens is 1. The number of carbonyl (C=O) groups is 1. The summed E-state index contributed by atoms with van der Waals surface area (Å²) in [5, 5.41) is 19.8. The highest BCUT2D eigenvalue weighted by atomic mass is 35.5. The van der Waals surface area contributed by atoms with Crippen molar-refractivity contribution >= 4 is 33.0 Å². The molecule has 0 radical (unpaired) electrons. The van der Waals surface area contributed by atoms with E-state index in [1.54, 1.807) is 0 Å². The number of carbonyl (C=O) groups excluding carboxylic acids is 1. The van der Waals surface area contributed by atoms with Gasteiger partial charge in [-0.25, -0.2) is 12.8 Å². The van der Waals surface area contributed by atoms with Crippen LogP contribution in [0.1, 0.15) is 41.2 Å². The van der Waals surface area contributed by atoms with E-state index in [1.807, 2.05) is 0 Å². The minimum Gasteiger partial charge on any atom is -0.389 e. The van der Waals surface area contributed by atoms with Gasteiger partial charge >= 0.3 is 0 Å². The molecule has 7 nitrogen and oxygen atoms in total. The lowest BCUT2D eigenvalue weighted by Crippen LogP contribution is -2.34. The Morgan fingerprint density at radius 3 is 2.93 bits per heavy atom. The van der Waals surface area contributed by atoms with Gasteiger partial charge in [-0.2, -0.15) is 5.10 Å². The predicted octanol–water partition coefficient (Wildman–Crippen LogP) is 2.50. The Labute approximate surface area is 160 Å². The zero-order valence-electron chi connectivity index (χ0n) is 14.5. The average Bonchev–Trinajstić information content (AvgIpc) is 3.16. The molecule has 1 heterocycles. The number of benzene rings is 1. The zero-order valence-corrected chi connectivity index (χ0v) is 16.1. The van der Waals surface area contributed by atoms with Crippen LogP contribution < -0.4 is 5.32 Å². The summed E-state index contributed by atoms with van der Waals surface area (Å²) in [4.78, 5) is 12.6. The van der Waals surface area contributed by atoms with Crippen LogP contribution in [0.15, 0.2) is 24.4 Å². The highest BCUT2D eigenvalue weighted by molar-refractivity contribution is 7.90. The number of aromatic nitrogens is 2. The molecule has 1 fully saturated rings. The molecule has 0 aliphatic heterocycles. The molecule has 2 atom stereocenters. The smallest absolute Gasteiger partial charge is 0.259 e. The van der Waals surface area contributed by atoms with Crippen molar-refractivity contribution in [1.29, 1.82) is 0 Å². The fourth-order valence-corrected chi connectivity index (χ4v) is 4.95. The number of hydrogen-bond donors (Lipinski definition) is 3. The number of nitrogens with zero attached hydrogens (tertiary/aromatic N) is 1. The van der Waals surface area contributed by atoms with Crippen LogP contribution in [0.3, 0.4) is 0 Å².